The summed E-state index contributed by atoms with van der Waals surface area (Å²) in [6.07, 6.45) is 3.06. The van der Waals surface area contributed by atoms with Crippen LogP contribution in [0.4, 0.5) is 5.69 Å². The highest BCUT2D eigenvalue weighted by atomic mass is 32.2. The fourth-order valence-electron chi connectivity index (χ4n) is 1.47. The summed E-state index contributed by atoms with van der Waals surface area (Å²) in [7, 11) is -0.939. The van der Waals surface area contributed by atoms with Crippen molar-refractivity contribution in [3.63, 3.8) is 0 Å². The third-order valence-corrected chi connectivity index (χ3v) is 3.15. The highest BCUT2D eigenvalue weighted by Crippen LogP contribution is 2.11. The number of nitrogens with one attached hydrogen (secondary N) is 1. The number of hydrogen-bond acceptors (Lipinski definition) is 4. The first-order chi connectivity index (χ1) is 7.90. The summed E-state index contributed by atoms with van der Waals surface area (Å²) in [6.45, 7) is 3.61. The Morgan fingerprint density at radius 1 is 1.65 bits per heavy atom. The van der Waals surface area contributed by atoms with Gasteiger partial charge in [-0.15, -0.1) is 0 Å². The van der Waals surface area contributed by atoms with Crippen LogP contribution >= 0.6 is 0 Å². The van der Waals surface area contributed by atoms with Crippen molar-refractivity contribution < 1.29 is 9.00 Å². The van der Waals surface area contributed by atoms with Crippen LogP contribution in [0.2, 0.25) is 0 Å². The van der Waals surface area contributed by atoms with Gasteiger partial charge in [-0.1, -0.05) is 0 Å². The van der Waals surface area contributed by atoms with E-state index in [2.05, 4.69) is 10.3 Å². The Kier molecular flexibility index (Phi) is 4.62. The number of amides is 1. The molecule has 1 heterocycles. The number of hydrogen-bond donors (Lipinski definition) is 2. The van der Waals surface area contributed by atoms with Gasteiger partial charge in [0, 0.05) is 46.4 Å². The van der Waals surface area contributed by atoms with E-state index < -0.39 is 10.8 Å². The predicted molar refractivity (Wildman–Crippen MR) is 69.2 cm³/mol. The van der Waals surface area contributed by atoms with E-state index in [1.165, 1.54) is 6.20 Å². The molecular formula is C11H17N3O2S. The van der Waals surface area contributed by atoms with Crippen LogP contribution in [-0.2, 0) is 10.8 Å². The number of aryl methyl sites for hydroxylation is 1. The first-order valence-electron chi connectivity index (χ1n) is 5.23. The average molecular weight is 255 g/mol. The maximum absolute atomic E-state index is 11.8. The zero-order valence-electron chi connectivity index (χ0n) is 10.2. The molecule has 3 N–H and O–H groups in total. The summed E-state index contributed by atoms with van der Waals surface area (Å²) in [5, 5.41) is 2.74. The van der Waals surface area contributed by atoms with Crippen molar-refractivity contribution in [3.8, 4) is 0 Å². The lowest BCUT2D eigenvalue weighted by Gasteiger charge is -2.13. The standard InChI is InChI=1S/C11H17N3O2S/c1-7-4-10(12)9(5-13-7)11(15)14-8(2)6-17(3)16/h4-5,8H,6H2,1-3H3,(H2,12,13)(H,14,15). The molecule has 5 nitrogen and oxygen atoms in total. The number of nitrogens with zero attached hydrogens (tertiary/aromatic N) is 1. The van der Waals surface area contributed by atoms with E-state index in [4.69, 9.17) is 5.73 Å². The zero-order chi connectivity index (χ0) is 13.0. The van der Waals surface area contributed by atoms with Gasteiger partial charge in [0.25, 0.3) is 5.91 Å². The van der Waals surface area contributed by atoms with E-state index in [0.29, 0.717) is 17.0 Å². The summed E-state index contributed by atoms with van der Waals surface area (Å²) in [5.41, 5.74) is 7.26. The SMILES string of the molecule is Cc1cc(N)c(C(=O)NC(C)CS(C)=O)cn1. The van der Waals surface area contributed by atoms with Crippen LogP contribution in [0.3, 0.4) is 0 Å². The van der Waals surface area contributed by atoms with E-state index in [0.717, 1.165) is 5.69 Å². The van der Waals surface area contributed by atoms with Gasteiger partial charge in [0.2, 0.25) is 0 Å². The van der Waals surface area contributed by atoms with Gasteiger partial charge in [0.1, 0.15) is 0 Å². The Hall–Kier alpha value is -1.43. The molecular weight excluding hydrogens is 238 g/mol. The predicted octanol–water partition coefficient (Wildman–Crippen LogP) is 0.469. The second-order valence-corrected chi connectivity index (χ2v) is 5.51. The van der Waals surface area contributed by atoms with Gasteiger partial charge in [0.15, 0.2) is 0 Å². The Bertz CT molecular complexity index is 448. The summed E-state index contributed by atoms with van der Waals surface area (Å²) >= 11 is 0. The summed E-state index contributed by atoms with van der Waals surface area (Å²) < 4.78 is 11.0. The number of anilines is 1. The van der Waals surface area contributed by atoms with E-state index in [1.54, 1.807) is 26.2 Å². The van der Waals surface area contributed by atoms with Crippen LogP contribution in [0.5, 0.6) is 0 Å². The van der Waals surface area contributed by atoms with Crippen molar-refractivity contribution >= 4 is 22.4 Å². The summed E-state index contributed by atoms with van der Waals surface area (Å²) in [5.74, 6) is 0.137. The molecule has 1 aromatic heterocycles. The van der Waals surface area contributed by atoms with Crippen LogP contribution in [0.1, 0.15) is 23.0 Å². The molecule has 0 aliphatic carbocycles. The Morgan fingerprint density at radius 2 is 2.29 bits per heavy atom. The van der Waals surface area contributed by atoms with Gasteiger partial charge in [0.05, 0.1) is 5.56 Å². The average Bonchev–Trinajstić information content (AvgIpc) is 2.15. The first-order valence-corrected chi connectivity index (χ1v) is 6.96. The Balaban J connectivity index is 2.73. The number of rotatable bonds is 4. The van der Waals surface area contributed by atoms with Gasteiger partial charge in [-0.25, -0.2) is 0 Å². The highest BCUT2D eigenvalue weighted by Gasteiger charge is 2.13. The molecule has 1 rings (SSSR count). The van der Waals surface area contributed by atoms with E-state index >= 15 is 0 Å². The van der Waals surface area contributed by atoms with Gasteiger partial charge in [-0.3, -0.25) is 14.0 Å². The number of nitrogens with two attached hydrogens (primary N) is 1. The molecule has 2 unspecified atom stereocenters. The molecule has 0 saturated heterocycles. The van der Waals surface area contributed by atoms with Crippen LogP contribution < -0.4 is 11.1 Å². The summed E-state index contributed by atoms with van der Waals surface area (Å²) in [6, 6.07) is 1.49. The van der Waals surface area contributed by atoms with Gasteiger partial charge in [-0.05, 0) is 19.9 Å². The molecule has 0 radical (unpaired) electrons. The molecule has 0 bridgehead atoms. The van der Waals surface area contributed by atoms with Crippen molar-refractivity contribution in [1.29, 1.82) is 0 Å². The Morgan fingerprint density at radius 3 is 2.82 bits per heavy atom. The minimum absolute atomic E-state index is 0.158. The first kappa shape index (κ1) is 13.6. The topological polar surface area (TPSA) is 85.1 Å². The van der Waals surface area contributed by atoms with Crippen molar-refractivity contribution in [3.05, 3.63) is 23.5 Å². The molecule has 2 atom stereocenters. The minimum Gasteiger partial charge on any atom is -0.398 e. The molecule has 1 amide bonds. The lowest BCUT2D eigenvalue weighted by Crippen LogP contribution is -2.36. The van der Waals surface area contributed by atoms with Gasteiger partial charge < -0.3 is 11.1 Å². The molecule has 94 valence electrons. The number of carbonyl (C=O) groups excluding carboxylic acids is 1. The van der Waals surface area contributed by atoms with Crippen LogP contribution in [0.25, 0.3) is 0 Å². The second kappa shape index (κ2) is 5.77. The number of pyridine rings is 1. The fourth-order valence-corrected chi connectivity index (χ4v) is 2.25. The summed E-state index contributed by atoms with van der Waals surface area (Å²) in [4.78, 5) is 15.9. The van der Waals surface area contributed by atoms with Crippen molar-refractivity contribution in [2.75, 3.05) is 17.7 Å². The number of aromatic nitrogens is 1. The molecule has 0 aliphatic rings. The molecule has 6 heteroatoms. The number of nitrogen functional groups attached to an aromatic ring is 1. The maximum atomic E-state index is 11.8. The van der Waals surface area contributed by atoms with Crippen LogP contribution in [0, 0.1) is 6.92 Å². The molecule has 0 aliphatic heterocycles. The van der Waals surface area contributed by atoms with Crippen molar-refractivity contribution in [1.82, 2.24) is 10.3 Å². The highest BCUT2D eigenvalue weighted by molar-refractivity contribution is 7.84. The van der Waals surface area contributed by atoms with Gasteiger partial charge in [-0.2, -0.15) is 0 Å². The lowest BCUT2D eigenvalue weighted by molar-refractivity contribution is 0.0944. The van der Waals surface area contributed by atoms with E-state index in [-0.39, 0.29) is 11.9 Å². The zero-order valence-corrected chi connectivity index (χ0v) is 11.0. The second-order valence-electron chi connectivity index (χ2n) is 4.03. The molecule has 17 heavy (non-hydrogen) atoms. The number of carbonyl (C=O) groups is 1. The normalized spacial score (nSPS) is 14.1. The Labute approximate surface area is 103 Å². The molecule has 0 spiro atoms. The van der Waals surface area contributed by atoms with Crippen molar-refractivity contribution in [2.24, 2.45) is 0 Å². The van der Waals surface area contributed by atoms with Crippen molar-refractivity contribution in [2.45, 2.75) is 19.9 Å². The third-order valence-electron chi connectivity index (χ3n) is 2.18. The molecule has 0 fully saturated rings. The third kappa shape index (κ3) is 4.14. The monoisotopic (exact) mass is 255 g/mol. The minimum atomic E-state index is -0.939. The molecule has 1 aromatic rings. The molecule has 0 aromatic carbocycles. The van der Waals surface area contributed by atoms with Crippen LogP contribution in [-0.4, -0.2) is 33.2 Å². The maximum Gasteiger partial charge on any atom is 0.255 e. The molecule has 0 saturated carbocycles. The largest absolute Gasteiger partial charge is 0.398 e. The van der Waals surface area contributed by atoms with Gasteiger partial charge >= 0.3 is 0 Å². The van der Waals surface area contributed by atoms with E-state index in [1.807, 2.05) is 0 Å². The lowest BCUT2D eigenvalue weighted by atomic mass is 10.2. The van der Waals surface area contributed by atoms with Crippen LogP contribution in [0.15, 0.2) is 12.3 Å². The fraction of sp³-hybridized carbons (Fsp3) is 0.455. The quantitative estimate of drug-likeness (QED) is 0.819. The van der Waals surface area contributed by atoms with E-state index in [9.17, 15) is 9.00 Å². The smallest absolute Gasteiger partial charge is 0.255 e.